The number of carbonyl (C=O) groups is 4. The van der Waals surface area contributed by atoms with Crippen molar-refractivity contribution in [3.63, 3.8) is 0 Å². The Morgan fingerprint density at radius 3 is 2.70 bits per heavy atom. The van der Waals surface area contributed by atoms with Crippen LogP contribution in [-0.4, -0.2) is 42.4 Å². The van der Waals surface area contributed by atoms with Crippen molar-refractivity contribution in [1.29, 1.82) is 0 Å². The topological polar surface area (TPSA) is 141 Å². The van der Waals surface area contributed by atoms with Crippen molar-refractivity contribution in [2.75, 3.05) is 13.7 Å². The van der Waals surface area contributed by atoms with Crippen molar-refractivity contribution in [3.8, 4) is 5.75 Å². The van der Waals surface area contributed by atoms with E-state index in [1.165, 1.54) is 25.3 Å². The molecular weight excluding hydrogens is 462 g/mol. The lowest BCUT2D eigenvalue weighted by Gasteiger charge is -2.09. The molecule has 2 aromatic rings. The Balaban J connectivity index is 1.73. The fourth-order valence-corrected chi connectivity index (χ4v) is 3.09. The summed E-state index contributed by atoms with van der Waals surface area (Å²) in [7, 11) is 1.22. The highest BCUT2D eigenvalue weighted by molar-refractivity contribution is 9.10. The summed E-state index contributed by atoms with van der Waals surface area (Å²) in [5.74, 6) is -1.20. The molecule has 0 spiro atoms. The van der Waals surface area contributed by atoms with Crippen LogP contribution in [0.15, 0.2) is 44.9 Å². The second-order valence-corrected chi connectivity index (χ2v) is 6.94. The zero-order valence-electron chi connectivity index (χ0n) is 15.6. The molecule has 2 heterocycles. The Hall–Kier alpha value is -3.60. The van der Waals surface area contributed by atoms with Gasteiger partial charge < -0.3 is 24.9 Å². The second-order valence-electron chi connectivity index (χ2n) is 6.08. The first-order valence-corrected chi connectivity index (χ1v) is 9.30. The molecule has 1 aromatic carbocycles. The predicted molar refractivity (Wildman–Crippen MR) is 106 cm³/mol. The number of ether oxygens (including phenoxy) is 2. The Kier molecular flexibility index (Phi) is 6.21. The molecule has 0 atom stereocenters. The van der Waals surface area contributed by atoms with Crippen LogP contribution >= 0.6 is 15.9 Å². The summed E-state index contributed by atoms with van der Waals surface area (Å²) in [4.78, 5) is 48.0. The number of nitrogens with one attached hydrogen (secondary N) is 1. The minimum absolute atomic E-state index is 0.0289. The fourth-order valence-electron chi connectivity index (χ4n) is 2.58. The average molecular weight is 478 g/mol. The number of hydrogen-bond donors (Lipinski definition) is 2. The molecule has 30 heavy (non-hydrogen) atoms. The first-order chi connectivity index (χ1) is 14.3. The fraction of sp³-hybridized carbons (Fsp3) is 0.158. The first-order valence-electron chi connectivity index (χ1n) is 8.50. The molecule has 1 aliphatic rings. The van der Waals surface area contributed by atoms with E-state index in [-0.39, 0.29) is 30.4 Å². The number of urea groups is 1. The Bertz CT molecular complexity index is 1060. The van der Waals surface area contributed by atoms with E-state index >= 15 is 0 Å². The van der Waals surface area contributed by atoms with Gasteiger partial charge >= 0.3 is 12.0 Å². The molecule has 1 aliphatic heterocycles. The molecule has 11 heteroatoms. The van der Waals surface area contributed by atoms with Gasteiger partial charge in [0.1, 0.15) is 17.2 Å². The molecule has 3 N–H and O–H groups in total. The number of carbonyl (C=O) groups excluding carboxylic acids is 4. The standard InChI is InChI=1S/C19H16BrN3O7/c1-28-18(26)15-5-3-11(30-15)8-23-17(25)13(22-19(23)27)7-10-2-4-14(12(20)6-10)29-9-16(21)24/h2-7H,8-9H2,1H3,(H2,21,24)(H,22,27)/b13-7-. The normalized spacial score (nSPS) is 14.7. The third-order valence-corrected chi connectivity index (χ3v) is 4.58. The van der Waals surface area contributed by atoms with E-state index in [1.807, 2.05) is 0 Å². The van der Waals surface area contributed by atoms with E-state index in [0.29, 0.717) is 15.8 Å². The number of benzene rings is 1. The van der Waals surface area contributed by atoms with E-state index < -0.39 is 23.8 Å². The van der Waals surface area contributed by atoms with E-state index in [1.54, 1.807) is 18.2 Å². The second kappa shape index (κ2) is 8.82. The van der Waals surface area contributed by atoms with Gasteiger partial charge in [0.25, 0.3) is 11.8 Å². The number of methoxy groups -OCH3 is 1. The van der Waals surface area contributed by atoms with Gasteiger partial charge in [0.2, 0.25) is 5.76 Å². The Morgan fingerprint density at radius 2 is 2.03 bits per heavy atom. The maximum absolute atomic E-state index is 12.6. The molecule has 0 saturated carbocycles. The molecule has 1 saturated heterocycles. The first kappa shape index (κ1) is 21.1. The summed E-state index contributed by atoms with van der Waals surface area (Å²) in [6.45, 7) is -0.421. The largest absolute Gasteiger partial charge is 0.483 e. The molecule has 156 valence electrons. The summed E-state index contributed by atoms with van der Waals surface area (Å²) in [5, 5.41) is 2.49. The molecule has 1 aromatic heterocycles. The van der Waals surface area contributed by atoms with Crippen LogP contribution in [0.4, 0.5) is 4.79 Å². The third-order valence-electron chi connectivity index (χ3n) is 3.96. The zero-order valence-corrected chi connectivity index (χ0v) is 17.2. The quantitative estimate of drug-likeness (QED) is 0.351. The van der Waals surface area contributed by atoms with Crippen LogP contribution < -0.4 is 15.8 Å². The van der Waals surface area contributed by atoms with Gasteiger partial charge in [-0.05, 0) is 51.8 Å². The molecule has 4 amide bonds. The van der Waals surface area contributed by atoms with Gasteiger partial charge in [0.05, 0.1) is 18.1 Å². The number of hydrogen-bond acceptors (Lipinski definition) is 7. The predicted octanol–water partition coefficient (Wildman–Crippen LogP) is 1.79. The maximum atomic E-state index is 12.6. The molecule has 0 aliphatic carbocycles. The summed E-state index contributed by atoms with van der Waals surface area (Å²) < 4.78 is 15.6. The van der Waals surface area contributed by atoms with Crippen LogP contribution in [0, 0.1) is 0 Å². The Morgan fingerprint density at radius 1 is 1.27 bits per heavy atom. The van der Waals surface area contributed by atoms with Crippen molar-refractivity contribution in [3.05, 3.63) is 57.6 Å². The number of imide groups is 1. The lowest BCUT2D eigenvalue weighted by molar-refractivity contribution is -0.123. The summed E-state index contributed by atoms with van der Waals surface area (Å²) in [6.07, 6.45) is 1.49. The van der Waals surface area contributed by atoms with Gasteiger partial charge in [0.15, 0.2) is 6.61 Å². The lowest BCUT2D eigenvalue weighted by Crippen LogP contribution is -2.30. The molecule has 1 fully saturated rings. The lowest BCUT2D eigenvalue weighted by atomic mass is 10.2. The summed E-state index contributed by atoms with van der Waals surface area (Å²) in [5.41, 5.74) is 5.72. The highest BCUT2D eigenvalue weighted by Crippen LogP contribution is 2.27. The molecule has 0 unspecified atom stereocenters. The van der Waals surface area contributed by atoms with Crippen LogP contribution in [0.2, 0.25) is 0 Å². The maximum Gasteiger partial charge on any atom is 0.373 e. The molecule has 0 radical (unpaired) electrons. The van der Waals surface area contributed by atoms with Gasteiger partial charge in [-0.25, -0.2) is 9.59 Å². The van der Waals surface area contributed by atoms with Crippen molar-refractivity contribution in [1.82, 2.24) is 10.2 Å². The number of esters is 1. The zero-order chi connectivity index (χ0) is 21.8. The molecule has 0 bridgehead atoms. The van der Waals surface area contributed by atoms with E-state index in [2.05, 4.69) is 26.0 Å². The van der Waals surface area contributed by atoms with Crippen LogP contribution in [0.25, 0.3) is 6.08 Å². The molecular formula is C19H16BrN3O7. The number of nitrogens with zero attached hydrogens (tertiary/aromatic N) is 1. The van der Waals surface area contributed by atoms with Gasteiger partial charge in [-0.3, -0.25) is 14.5 Å². The van der Waals surface area contributed by atoms with Crippen molar-refractivity contribution in [2.45, 2.75) is 6.54 Å². The number of furan rings is 1. The average Bonchev–Trinajstić information content (AvgIpc) is 3.27. The molecule has 3 rings (SSSR count). The van der Waals surface area contributed by atoms with Crippen molar-refractivity contribution >= 4 is 45.8 Å². The van der Waals surface area contributed by atoms with E-state index in [4.69, 9.17) is 14.9 Å². The number of nitrogens with two attached hydrogens (primary N) is 1. The van der Waals surface area contributed by atoms with Gasteiger partial charge in [0, 0.05) is 0 Å². The Labute approximate surface area is 178 Å². The monoisotopic (exact) mass is 477 g/mol. The van der Waals surface area contributed by atoms with Crippen LogP contribution in [0.1, 0.15) is 21.9 Å². The van der Waals surface area contributed by atoms with Gasteiger partial charge in [-0.15, -0.1) is 0 Å². The van der Waals surface area contributed by atoms with Crippen LogP contribution in [0.3, 0.4) is 0 Å². The van der Waals surface area contributed by atoms with E-state index in [9.17, 15) is 19.2 Å². The SMILES string of the molecule is COC(=O)c1ccc(CN2C(=O)N/C(=C\c3ccc(OCC(N)=O)c(Br)c3)C2=O)o1. The number of rotatable bonds is 7. The summed E-state index contributed by atoms with van der Waals surface area (Å²) >= 11 is 3.31. The number of halogens is 1. The minimum atomic E-state index is -0.659. The van der Waals surface area contributed by atoms with Crippen LogP contribution in [-0.2, 0) is 20.9 Å². The summed E-state index contributed by atoms with van der Waals surface area (Å²) in [6, 6.07) is 7.15. The highest BCUT2D eigenvalue weighted by atomic mass is 79.9. The van der Waals surface area contributed by atoms with Crippen molar-refractivity contribution < 1.29 is 33.1 Å². The van der Waals surface area contributed by atoms with E-state index in [0.717, 1.165) is 4.90 Å². The van der Waals surface area contributed by atoms with Crippen LogP contribution in [0.5, 0.6) is 5.75 Å². The van der Waals surface area contributed by atoms with Gasteiger partial charge in [-0.1, -0.05) is 6.07 Å². The molecule has 10 nitrogen and oxygen atoms in total. The highest BCUT2D eigenvalue weighted by Gasteiger charge is 2.34. The number of amides is 4. The minimum Gasteiger partial charge on any atom is -0.483 e. The smallest absolute Gasteiger partial charge is 0.373 e. The van der Waals surface area contributed by atoms with Gasteiger partial charge in [-0.2, -0.15) is 0 Å². The van der Waals surface area contributed by atoms with Crippen molar-refractivity contribution in [2.24, 2.45) is 5.73 Å². The third kappa shape index (κ3) is 4.69. The number of primary amides is 1.